The van der Waals surface area contributed by atoms with Crippen molar-refractivity contribution in [2.75, 3.05) is 26.2 Å². The monoisotopic (exact) mass is 431 g/mol. The zero-order valence-corrected chi connectivity index (χ0v) is 16.5. The van der Waals surface area contributed by atoms with E-state index < -0.39 is 0 Å². The normalized spacial score (nSPS) is 15.7. The summed E-state index contributed by atoms with van der Waals surface area (Å²) in [6, 6.07) is 8.28. The minimum absolute atomic E-state index is 0. The molecule has 0 spiro atoms. The van der Waals surface area contributed by atoms with E-state index in [0.717, 1.165) is 44.8 Å². The van der Waals surface area contributed by atoms with E-state index in [-0.39, 0.29) is 24.0 Å². The topological polar surface area (TPSA) is 50.9 Å². The molecule has 1 heterocycles. The molecule has 130 valence electrons. The van der Waals surface area contributed by atoms with Crippen molar-refractivity contribution in [1.82, 2.24) is 4.90 Å². The van der Waals surface area contributed by atoms with Gasteiger partial charge in [-0.05, 0) is 43.4 Å². The Morgan fingerprint density at radius 2 is 1.96 bits per heavy atom. The first-order chi connectivity index (χ1) is 10.8. The van der Waals surface area contributed by atoms with E-state index in [9.17, 15) is 0 Å². The molecule has 0 saturated carbocycles. The molecule has 1 fully saturated rings. The zero-order chi connectivity index (χ0) is 15.6. The second-order valence-corrected chi connectivity index (χ2v) is 5.89. The molecule has 0 unspecified atom stereocenters. The lowest BCUT2D eigenvalue weighted by Gasteiger charge is -2.21. The molecule has 0 bridgehead atoms. The van der Waals surface area contributed by atoms with Crippen LogP contribution in [0.4, 0.5) is 0 Å². The highest BCUT2D eigenvalue weighted by molar-refractivity contribution is 14.0. The van der Waals surface area contributed by atoms with Gasteiger partial charge in [-0.15, -0.1) is 24.0 Å². The van der Waals surface area contributed by atoms with E-state index in [2.05, 4.69) is 28.9 Å². The van der Waals surface area contributed by atoms with Crippen LogP contribution < -0.4 is 10.5 Å². The highest BCUT2D eigenvalue weighted by Gasteiger charge is 2.10. The third kappa shape index (κ3) is 7.42. The van der Waals surface area contributed by atoms with Crippen molar-refractivity contribution < 1.29 is 4.74 Å². The predicted molar refractivity (Wildman–Crippen MR) is 108 cm³/mol. The van der Waals surface area contributed by atoms with E-state index in [1.807, 2.05) is 12.1 Å². The highest BCUT2D eigenvalue weighted by atomic mass is 127. The van der Waals surface area contributed by atoms with Crippen molar-refractivity contribution in [1.29, 1.82) is 0 Å². The minimum Gasteiger partial charge on any atom is -0.494 e. The Bertz CT molecular complexity index is 471. The molecule has 0 aromatic heterocycles. The second kappa shape index (κ2) is 11.5. The molecule has 1 aromatic rings. The summed E-state index contributed by atoms with van der Waals surface area (Å²) in [4.78, 5) is 6.79. The summed E-state index contributed by atoms with van der Waals surface area (Å²) in [5.74, 6) is 1.66. The average molecular weight is 431 g/mol. The van der Waals surface area contributed by atoms with Crippen LogP contribution in [0.15, 0.2) is 29.3 Å². The van der Waals surface area contributed by atoms with Gasteiger partial charge in [0.25, 0.3) is 0 Å². The number of aliphatic imine (C=N–C) groups is 1. The molecule has 1 aliphatic heterocycles. The molecule has 0 atom stereocenters. The van der Waals surface area contributed by atoms with Crippen molar-refractivity contribution in [2.24, 2.45) is 10.7 Å². The van der Waals surface area contributed by atoms with Crippen molar-refractivity contribution >= 4 is 29.9 Å². The average Bonchev–Trinajstić information content (AvgIpc) is 2.82. The van der Waals surface area contributed by atoms with E-state index in [0.29, 0.717) is 5.96 Å². The van der Waals surface area contributed by atoms with Gasteiger partial charge in [-0.2, -0.15) is 0 Å². The first-order valence-corrected chi connectivity index (χ1v) is 8.56. The largest absolute Gasteiger partial charge is 0.494 e. The Hall–Kier alpha value is -0.980. The zero-order valence-electron chi connectivity index (χ0n) is 14.2. The van der Waals surface area contributed by atoms with Crippen molar-refractivity contribution in [2.45, 2.75) is 45.4 Å². The molecule has 2 rings (SSSR count). The van der Waals surface area contributed by atoms with Gasteiger partial charge >= 0.3 is 0 Å². The molecule has 0 aliphatic carbocycles. The minimum atomic E-state index is 0. The summed E-state index contributed by atoms with van der Waals surface area (Å²) in [6.45, 7) is 5.72. The van der Waals surface area contributed by atoms with Crippen LogP contribution in [-0.2, 0) is 6.42 Å². The lowest BCUT2D eigenvalue weighted by atomic mass is 10.1. The molecule has 0 radical (unpaired) electrons. The fourth-order valence-electron chi connectivity index (χ4n) is 2.71. The smallest absolute Gasteiger partial charge is 0.191 e. The van der Waals surface area contributed by atoms with Gasteiger partial charge < -0.3 is 15.4 Å². The third-order valence-electron chi connectivity index (χ3n) is 3.98. The van der Waals surface area contributed by atoms with E-state index in [1.165, 1.54) is 31.2 Å². The maximum atomic E-state index is 6.13. The predicted octanol–water partition coefficient (Wildman–Crippen LogP) is 3.83. The van der Waals surface area contributed by atoms with Crippen LogP contribution in [0, 0.1) is 0 Å². The molecule has 1 aliphatic rings. The standard InChI is InChI=1S/C18H29N3O.HI/c1-2-14-22-17-9-7-8-16(15-17)10-11-20-18(19)21-12-5-3-4-6-13-21;/h7-9,15H,2-6,10-14H2,1H3,(H2,19,20);1H. The number of rotatable bonds is 6. The number of halogens is 1. The fraction of sp³-hybridized carbons (Fsp3) is 0.611. The first kappa shape index (κ1) is 20.1. The molecule has 5 heteroatoms. The summed E-state index contributed by atoms with van der Waals surface area (Å²) in [5, 5.41) is 0. The van der Waals surface area contributed by atoms with Crippen LogP contribution in [0.25, 0.3) is 0 Å². The van der Waals surface area contributed by atoms with Gasteiger partial charge in [0.2, 0.25) is 0 Å². The Morgan fingerprint density at radius 3 is 2.65 bits per heavy atom. The lowest BCUT2D eigenvalue weighted by molar-refractivity contribution is 0.317. The summed E-state index contributed by atoms with van der Waals surface area (Å²) in [6.07, 6.45) is 7.02. The van der Waals surface area contributed by atoms with Crippen LogP contribution in [0.2, 0.25) is 0 Å². The van der Waals surface area contributed by atoms with Gasteiger partial charge in [0.1, 0.15) is 5.75 Å². The number of benzene rings is 1. The number of ether oxygens (including phenoxy) is 1. The fourth-order valence-corrected chi connectivity index (χ4v) is 2.71. The molecular weight excluding hydrogens is 401 g/mol. The summed E-state index contributed by atoms with van der Waals surface area (Å²) >= 11 is 0. The van der Waals surface area contributed by atoms with Gasteiger partial charge in [0.05, 0.1) is 6.61 Å². The van der Waals surface area contributed by atoms with Gasteiger partial charge in [-0.1, -0.05) is 31.9 Å². The number of hydrogen-bond donors (Lipinski definition) is 1. The van der Waals surface area contributed by atoms with E-state index in [4.69, 9.17) is 10.5 Å². The highest BCUT2D eigenvalue weighted by Crippen LogP contribution is 2.14. The first-order valence-electron chi connectivity index (χ1n) is 8.56. The Morgan fingerprint density at radius 1 is 1.22 bits per heavy atom. The SMILES string of the molecule is CCCOc1cccc(CCN=C(N)N2CCCCCC2)c1.I. The van der Waals surface area contributed by atoms with E-state index in [1.54, 1.807) is 0 Å². The van der Waals surface area contributed by atoms with Crippen molar-refractivity contribution in [3.05, 3.63) is 29.8 Å². The maximum absolute atomic E-state index is 6.13. The number of nitrogens with zero attached hydrogens (tertiary/aromatic N) is 2. The van der Waals surface area contributed by atoms with Crippen LogP contribution in [0.3, 0.4) is 0 Å². The Labute approximate surface area is 157 Å². The Balaban J connectivity index is 0.00000264. The summed E-state index contributed by atoms with van der Waals surface area (Å²) < 4.78 is 5.66. The molecule has 1 aromatic carbocycles. The Kier molecular flexibility index (Phi) is 10.1. The second-order valence-electron chi connectivity index (χ2n) is 5.89. The third-order valence-corrected chi connectivity index (χ3v) is 3.98. The van der Waals surface area contributed by atoms with Crippen LogP contribution >= 0.6 is 24.0 Å². The number of nitrogens with two attached hydrogens (primary N) is 1. The van der Waals surface area contributed by atoms with Gasteiger partial charge in [-0.25, -0.2) is 0 Å². The van der Waals surface area contributed by atoms with Crippen LogP contribution in [0.1, 0.15) is 44.6 Å². The maximum Gasteiger partial charge on any atom is 0.191 e. The molecular formula is C18H30IN3O. The van der Waals surface area contributed by atoms with Crippen LogP contribution in [0.5, 0.6) is 5.75 Å². The van der Waals surface area contributed by atoms with Crippen molar-refractivity contribution in [3.8, 4) is 5.75 Å². The number of likely N-dealkylation sites (tertiary alicyclic amines) is 1. The molecule has 1 saturated heterocycles. The molecule has 2 N–H and O–H groups in total. The van der Waals surface area contributed by atoms with Gasteiger partial charge in [0, 0.05) is 19.6 Å². The number of hydrogen-bond acceptors (Lipinski definition) is 2. The van der Waals surface area contributed by atoms with Gasteiger partial charge in [0.15, 0.2) is 5.96 Å². The molecule has 4 nitrogen and oxygen atoms in total. The quantitative estimate of drug-likeness (QED) is 0.423. The molecule has 23 heavy (non-hydrogen) atoms. The van der Waals surface area contributed by atoms with Gasteiger partial charge in [-0.3, -0.25) is 4.99 Å². The summed E-state index contributed by atoms with van der Waals surface area (Å²) in [7, 11) is 0. The lowest BCUT2D eigenvalue weighted by Crippen LogP contribution is -2.38. The van der Waals surface area contributed by atoms with E-state index >= 15 is 0 Å². The summed E-state index contributed by atoms with van der Waals surface area (Å²) in [5.41, 5.74) is 7.38. The van der Waals surface area contributed by atoms with Crippen molar-refractivity contribution in [3.63, 3.8) is 0 Å². The number of guanidine groups is 1. The molecule has 0 amide bonds. The van der Waals surface area contributed by atoms with Crippen LogP contribution in [-0.4, -0.2) is 37.1 Å².